The Hall–Kier alpha value is -0.570. The third-order valence-corrected chi connectivity index (χ3v) is 4.05. The molecule has 100 valence electrons. The Morgan fingerprint density at radius 1 is 1.35 bits per heavy atom. The van der Waals surface area contributed by atoms with Gasteiger partial charge < -0.3 is 10.6 Å². The molecule has 1 amide bonds. The third kappa shape index (κ3) is 5.07. The summed E-state index contributed by atoms with van der Waals surface area (Å²) in [5, 5.41) is 6.41. The van der Waals surface area contributed by atoms with Crippen molar-refractivity contribution in [2.75, 3.05) is 6.54 Å². The SMILES string of the molecule is CCC(C)(C)NC(=O)CN[C@@H](C)C1CCCC1. The summed E-state index contributed by atoms with van der Waals surface area (Å²) in [4.78, 5) is 11.8. The van der Waals surface area contributed by atoms with Crippen molar-refractivity contribution in [1.29, 1.82) is 0 Å². The number of hydrogen-bond acceptors (Lipinski definition) is 2. The molecular weight excluding hydrogens is 212 g/mol. The van der Waals surface area contributed by atoms with E-state index in [0.717, 1.165) is 12.3 Å². The molecule has 0 aromatic carbocycles. The van der Waals surface area contributed by atoms with Gasteiger partial charge in [-0.2, -0.15) is 0 Å². The molecule has 0 radical (unpaired) electrons. The Kier molecular flexibility index (Phi) is 5.44. The van der Waals surface area contributed by atoms with E-state index >= 15 is 0 Å². The van der Waals surface area contributed by atoms with Crippen LogP contribution in [0.15, 0.2) is 0 Å². The molecule has 1 aliphatic rings. The van der Waals surface area contributed by atoms with E-state index in [9.17, 15) is 4.79 Å². The summed E-state index contributed by atoms with van der Waals surface area (Å²) in [5.41, 5.74) is -0.0879. The van der Waals surface area contributed by atoms with Gasteiger partial charge in [0.2, 0.25) is 5.91 Å². The van der Waals surface area contributed by atoms with E-state index in [2.05, 4.69) is 38.3 Å². The number of nitrogens with one attached hydrogen (secondary N) is 2. The van der Waals surface area contributed by atoms with Crippen LogP contribution in [0, 0.1) is 5.92 Å². The minimum Gasteiger partial charge on any atom is -0.350 e. The molecule has 0 heterocycles. The lowest BCUT2D eigenvalue weighted by Gasteiger charge is -2.26. The molecule has 0 saturated heterocycles. The van der Waals surface area contributed by atoms with Crippen molar-refractivity contribution >= 4 is 5.91 Å². The zero-order valence-electron chi connectivity index (χ0n) is 11.8. The van der Waals surface area contributed by atoms with Crippen molar-refractivity contribution in [3.05, 3.63) is 0 Å². The first kappa shape index (κ1) is 14.5. The molecule has 1 atom stereocenters. The van der Waals surface area contributed by atoms with Crippen LogP contribution in [0.1, 0.15) is 59.8 Å². The molecule has 1 saturated carbocycles. The Balaban J connectivity index is 2.23. The second-order valence-corrected chi connectivity index (χ2v) is 6.00. The van der Waals surface area contributed by atoms with Gasteiger partial charge in [0.15, 0.2) is 0 Å². The van der Waals surface area contributed by atoms with Crippen LogP contribution in [0.5, 0.6) is 0 Å². The number of carbonyl (C=O) groups is 1. The zero-order valence-corrected chi connectivity index (χ0v) is 11.8. The summed E-state index contributed by atoms with van der Waals surface area (Å²) in [6.45, 7) is 8.86. The lowest BCUT2D eigenvalue weighted by Crippen LogP contribution is -2.48. The van der Waals surface area contributed by atoms with Crippen molar-refractivity contribution in [3.8, 4) is 0 Å². The maximum Gasteiger partial charge on any atom is 0.234 e. The summed E-state index contributed by atoms with van der Waals surface area (Å²) in [6.07, 6.45) is 6.29. The summed E-state index contributed by atoms with van der Waals surface area (Å²) >= 11 is 0. The first-order valence-electron chi connectivity index (χ1n) is 6.99. The predicted octanol–water partition coefficient (Wildman–Crippen LogP) is 2.46. The monoisotopic (exact) mass is 240 g/mol. The second-order valence-electron chi connectivity index (χ2n) is 6.00. The van der Waals surface area contributed by atoms with Gasteiger partial charge in [0.05, 0.1) is 6.54 Å². The average Bonchev–Trinajstić information content (AvgIpc) is 2.78. The van der Waals surface area contributed by atoms with E-state index in [1.54, 1.807) is 0 Å². The smallest absolute Gasteiger partial charge is 0.234 e. The molecule has 3 nitrogen and oxygen atoms in total. The minimum absolute atomic E-state index is 0.0879. The van der Waals surface area contributed by atoms with E-state index in [-0.39, 0.29) is 11.4 Å². The molecular formula is C14H28N2O. The van der Waals surface area contributed by atoms with Gasteiger partial charge in [0, 0.05) is 11.6 Å². The standard InChI is InChI=1S/C14H28N2O/c1-5-14(3,4)16-13(17)10-15-11(2)12-8-6-7-9-12/h11-12,15H,5-10H2,1-4H3,(H,16,17)/t11-/m0/s1. The molecule has 0 unspecified atom stereocenters. The molecule has 1 fully saturated rings. The van der Waals surface area contributed by atoms with Crippen LogP contribution in [0.2, 0.25) is 0 Å². The van der Waals surface area contributed by atoms with Gasteiger partial charge in [-0.3, -0.25) is 4.79 Å². The van der Waals surface area contributed by atoms with Crippen molar-refractivity contribution < 1.29 is 4.79 Å². The Morgan fingerprint density at radius 2 is 1.94 bits per heavy atom. The third-order valence-electron chi connectivity index (χ3n) is 4.05. The zero-order chi connectivity index (χ0) is 12.9. The van der Waals surface area contributed by atoms with Gasteiger partial charge in [-0.25, -0.2) is 0 Å². The average molecular weight is 240 g/mol. The first-order valence-corrected chi connectivity index (χ1v) is 6.99. The maximum atomic E-state index is 11.8. The number of rotatable bonds is 6. The normalized spacial score (nSPS) is 19.3. The van der Waals surface area contributed by atoms with Crippen LogP contribution in [-0.2, 0) is 4.79 Å². The lowest BCUT2D eigenvalue weighted by molar-refractivity contribution is -0.122. The van der Waals surface area contributed by atoms with E-state index in [1.165, 1.54) is 25.7 Å². The fraction of sp³-hybridized carbons (Fsp3) is 0.929. The topological polar surface area (TPSA) is 41.1 Å². The molecule has 0 aliphatic heterocycles. The maximum absolute atomic E-state index is 11.8. The van der Waals surface area contributed by atoms with Crippen LogP contribution in [-0.4, -0.2) is 24.0 Å². The van der Waals surface area contributed by atoms with E-state index in [1.807, 2.05) is 0 Å². The van der Waals surface area contributed by atoms with Gasteiger partial charge in [-0.05, 0) is 46.0 Å². The van der Waals surface area contributed by atoms with E-state index < -0.39 is 0 Å². The van der Waals surface area contributed by atoms with Crippen molar-refractivity contribution in [2.45, 2.75) is 71.4 Å². The highest BCUT2D eigenvalue weighted by atomic mass is 16.2. The van der Waals surface area contributed by atoms with Crippen LogP contribution >= 0.6 is 0 Å². The Labute approximate surface area is 106 Å². The van der Waals surface area contributed by atoms with Crippen molar-refractivity contribution in [2.24, 2.45) is 5.92 Å². The molecule has 1 rings (SSSR count). The molecule has 2 N–H and O–H groups in total. The fourth-order valence-electron chi connectivity index (χ4n) is 2.39. The van der Waals surface area contributed by atoms with Crippen LogP contribution in [0.25, 0.3) is 0 Å². The summed E-state index contributed by atoms with van der Waals surface area (Å²) < 4.78 is 0. The van der Waals surface area contributed by atoms with E-state index in [4.69, 9.17) is 0 Å². The van der Waals surface area contributed by atoms with Crippen molar-refractivity contribution in [1.82, 2.24) is 10.6 Å². The first-order chi connectivity index (χ1) is 7.94. The Bertz CT molecular complexity index is 245. The highest BCUT2D eigenvalue weighted by molar-refractivity contribution is 5.78. The van der Waals surface area contributed by atoms with E-state index in [0.29, 0.717) is 12.6 Å². The fourth-order valence-corrected chi connectivity index (χ4v) is 2.39. The highest BCUT2D eigenvalue weighted by Crippen LogP contribution is 2.27. The number of hydrogen-bond donors (Lipinski definition) is 2. The summed E-state index contributed by atoms with van der Waals surface area (Å²) in [6, 6.07) is 0.466. The van der Waals surface area contributed by atoms with Crippen molar-refractivity contribution in [3.63, 3.8) is 0 Å². The number of amides is 1. The second kappa shape index (κ2) is 6.39. The molecule has 3 heteroatoms. The van der Waals surface area contributed by atoms with Gasteiger partial charge in [0.1, 0.15) is 0 Å². The van der Waals surface area contributed by atoms with Crippen LogP contribution in [0.4, 0.5) is 0 Å². The highest BCUT2D eigenvalue weighted by Gasteiger charge is 2.22. The minimum atomic E-state index is -0.0879. The van der Waals surface area contributed by atoms with Gasteiger partial charge >= 0.3 is 0 Å². The molecule has 17 heavy (non-hydrogen) atoms. The molecule has 1 aliphatic carbocycles. The van der Waals surface area contributed by atoms with Crippen LogP contribution < -0.4 is 10.6 Å². The quantitative estimate of drug-likeness (QED) is 0.749. The number of carbonyl (C=O) groups excluding carboxylic acids is 1. The molecule has 0 aromatic heterocycles. The predicted molar refractivity (Wildman–Crippen MR) is 71.9 cm³/mol. The Morgan fingerprint density at radius 3 is 2.47 bits per heavy atom. The summed E-state index contributed by atoms with van der Waals surface area (Å²) in [7, 11) is 0. The largest absolute Gasteiger partial charge is 0.350 e. The summed E-state index contributed by atoms with van der Waals surface area (Å²) in [5.74, 6) is 0.878. The molecule has 0 aromatic rings. The van der Waals surface area contributed by atoms with Gasteiger partial charge in [-0.15, -0.1) is 0 Å². The lowest BCUT2D eigenvalue weighted by atomic mass is 9.99. The van der Waals surface area contributed by atoms with Gasteiger partial charge in [0.25, 0.3) is 0 Å². The van der Waals surface area contributed by atoms with Crippen LogP contribution in [0.3, 0.4) is 0 Å². The molecule has 0 spiro atoms. The van der Waals surface area contributed by atoms with Gasteiger partial charge in [-0.1, -0.05) is 19.8 Å². The molecule has 0 bridgehead atoms.